The van der Waals surface area contributed by atoms with Gasteiger partial charge >= 0.3 is 5.97 Å². The van der Waals surface area contributed by atoms with Crippen LogP contribution in [0.15, 0.2) is 12.8 Å². The monoisotopic (exact) mass is 232 g/mol. The molecule has 0 bridgehead atoms. The summed E-state index contributed by atoms with van der Waals surface area (Å²) in [7, 11) is 0. The van der Waals surface area contributed by atoms with Crippen LogP contribution in [0.5, 0.6) is 0 Å². The van der Waals surface area contributed by atoms with Crippen molar-refractivity contribution in [3.8, 4) is 0 Å². The molecule has 0 rings (SSSR count). The maximum absolute atomic E-state index is 10.9. The van der Waals surface area contributed by atoms with Crippen molar-refractivity contribution in [2.75, 3.05) is 26.4 Å². The van der Waals surface area contributed by atoms with Crippen molar-refractivity contribution >= 4 is 5.97 Å². The third-order valence-corrected chi connectivity index (χ3v) is 1.63. The molecule has 0 aromatic heterocycles. The molecule has 0 heterocycles. The van der Waals surface area contributed by atoms with Crippen LogP contribution < -0.4 is 0 Å². The molecule has 0 N–H and O–H groups in total. The van der Waals surface area contributed by atoms with Gasteiger partial charge in [0.2, 0.25) is 0 Å². The van der Waals surface area contributed by atoms with E-state index in [0.717, 1.165) is 0 Å². The zero-order valence-corrected chi connectivity index (χ0v) is 9.94. The molecule has 0 aliphatic heterocycles. The number of ether oxygens (including phenoxy) is 4. The van der Waals surface area contributed by atoms with Gasteiger partial charge in [-0.05, 0) is 6.92 Å². The molecular formula is C11H20O5. The molecule has 5 heteroatoms. The number of rotatable bonds is 10. The zero-order chi connectivity index (χ0) is 12.2. The molecule has 94 valence electrons. The molecular weight excluding hydrogens is 212 g/mol. The van der Waals surface area contributed by atoms with Crippen LogP contribution in [-0.4, -0.2) is 38.7 Å². The third-order valence-electron chi connectivity index (χ3n) is 1.63. The Kier molecular flexibility index (Phi) is 9.75. The molecule has 0 saturated carbocycles. The van der Waals surface area contributed by atoms with Crippen molar-refractivity contribution < 1.29 is 23.7 Å². The fourth-order valence-corrected chi connectivity index (χ4v) is 0.868. The highest BCUT2D eigenvalue weighted by molar-refractivity contribution is 5.68. The first-order chi connectivity index (χ1) is 7.70. The van der Waals surface area contributed by atoms with Gasteiger partial charge < -0.3 is 18.9 Å². The maximum Gasteiger partial charge on any atom is 0.307 e. The van der Waals surface area contributed by atoms with E-state index < -0.39 is 6.29 Å². The van der Waals surface area contributed by atoms with Gasteiger partial charge in [0.25, 0.3) is 0 Å². The van der Waals surface area contributed by atoms with Crippen molar-refractivity contribution in [1.82, 2.24) is 0 Å². The summed E-state index contributed by atoms with van der Waals surface area (Å²) in [4.78, 5) is 10.9. The molecule has 0 aliphatic carbocycles. The van der Waals surface area contributed by atoms with Crippen LogP contribution >= 0.6 is 0 Å². The molecule has 0 aliphatic rings. The average Bonchev–Trinajstić information content (AvgIpc) is 2.27. The molecule has 5 nitrogen and oxygen atoms in total. The minimum atomic E-state index is -0.527. The summed E-state index contributed by atoms with van der Waals surface area (Å²) < 4.78 is 20.1. The van der Waals surface area contributed by atoms with E-state index in [1.54, 1.807) is 13.8 Å². The van der Waals surface area contributed by atoms with E-state index in [2.05, 4.69) is 6.58 Å². The standard InChI is InChI=1S/C11H20O5/c1-4-11(12)16-10(3)15-9-8-14-7-6-13-5-2/h5,10H,2,4,6-9H2,1,3H3. The molecule has 0 aromatic rings. The molecule has 0 spiro atoms. The number of hydrogen-bond acceptors (Lipinski definition) is 5. The van der Waals surface area contributed by atoms with Gasteiger partial charge in [0, 0.05) is 6.42 Å². The lowest BCUT2D eigenvalue weighted by atomic mass is 10.5. The summed E-state index contributed by atoms with van der Waals surface area (Å²) in [5, 5.41) is 0. The lowest BCUT2D eigenvalue weighted by Gasteiger charge is -2.13. The summed E-state index contributed by atoms with van der Waals surface area (Å²) in [6.45, 7) is 8.59. The smallest absolute Gasteiger partial charge is 0.307 e. The lowest BCUT2D eigenvalue weighted by molar-refractivity contribution is -0.176. The minimum absolute atomic E-state index is 0.271. The van der Waals surface area contributed by atoms with Crippen LogP contribution in [0.2, 0.25) is 0 Å². The fraction of sp³-hybridized carbons (Fsp3) is 0.727. The molecule has 0 fully saturated rings. The summed E-state index contributed by atoms with van der Waals surface area (Å²) in [5.41, 5.74) is 0. The second kappa shape index (κ2) is 10.4. The maximum atomic E-state index is 10.9. The first-order valence-electron chi connectivity index (χ1n) is 5.32. The fourth-order valence-electron chi connectivity index (χ4n) is 0.868. The second-order valence-electron chi connectivity index (χ2n) is 2.93. The normalized spacial score (nSPS) is 11.9. The summed E-state index contributed by atoms with van der Waals surface area (Å²) in [6, 6.07) is 0. The number of hydrogen-bond donors (Lipinski definition) is 0. The van der Waals surface area contributed by atoms with E-state index in [1.165, 1.54) is 6.26 Å². The predicted molar refractivity (Wildman–Crippen MR) is 58.8 cm³/mol. The van der Waals surface area contributed by atoms with Crippen molar-refractivity contribution in [3.05, 3.63) is 12.8 Å². The predicted octanol–water partition coefficient (Wildman–Crippen LogP) is 1.48. The van der Waals surface area contributed by atoms with E-state index in [1.807, 2.05) is 0 Å². The Morgan fingerprint density at radius 1 is 1.31 bits per heavy atom. The van der Waals surface area contributed by atoms with Crippen molar-refractivity contribution in [1.29, 1.82) is 0 Å². The van der Waals surface area contributed by atoms with Crippen LogP contribution in [0.4, 0.5) is 0 Å². The number of esters is 1. The molecule has 0 amide bonds. The molecule has 16 heavy (non-hydrogen) atoms. The molecule has 1 unspecified atom stereocenters. The van der Waals surface area contributed by atoms with Gasteiger partial charge in [0.1, 0.15) is 6.61 Å². The number of carbonyl (C=O) groups is 1. The summed E-state index contributed by atoms with van der Waals surface area (Å²) >= 11 is 0. The first kappa shape index (κ1) is 14.9. The van der Waals surface area contributed by atoms with Crippen molar-refractivity contribution in [2.45, 2.75) is 26.6 Å². The highest BCUT2D eigenvalue weighted by atomic mass is 16.7. The SMILES string of the molecule is C=COCCOCCOC(C)OC(=O)CC. The van der Waals surface area contributed by atoms with Crippen molar-refractivity contribution in [3.63, 3.8) is 0 Å². The van der Waals surface area contributed by atoms with Crippen molar-refractivity contribution in [2.24, 2.45) is 0 Å². The molecule has 0 aromatic carbocycles. The van der Waals surface area contributed by atoms with E-state index >= 15 is 0 Å². The van der Waals surface area contributed by atoms with Crippen LogP contribution in [0.3, 0.4) is 0 Å². The Morgan fingerprint density at radius 2 is 2.00 bits per heavy atom. The Hall–Kier alpha value is -1.07. The molecule has 0 radical (unpaired) electrons. The minimum Gasteiger partial charge on any atom is -0.499 e. The zero-order valence-electron chi connectivity index (χ0n) is 9.94. The van der Waals surface area contributed by atoms with Crippen LogP contribution in [-0.2, 0) is 23.7 Å². The highest BCUT2D eigenvalue weighted by Gasteiger charge is 2.06. The van der Waals surface area contributed by atoms with Crippen LogP contribution in [0.1, 0.15) is 20.3 Å². The van der Waals surface area contributed by atoms with Gasteiger partial charge in [0.05, 0.1) is 26.1 Å². The Bertz CT molecular complexity index is 193. The quantitative estimate of drug-likeness (QED) is 0.247. The van der Waals surface area contributed by atoms with E-state index in [0.29, 0.717) is 32.8 Å². The summed E-state index contributed by atoms with van der Waals surface area (Å²) in [6.07, 6.45) is 1.19. The van der Waals surface area contributed by atoms with Gasteiger partial charge in [-0.25, -0.2) is 0 Å². The molecule has 1 atom stereocenters. The first-order valence-corrected chi connectivity index (χ1v) is 5.32. The van der Waals surface area contributed by atoms with Crippen LogP contribution in [0.25, 0.3) is 0 Å². The van der Waals surface area contributed by atoms with Gasteiger partial charge in [-0.2, -0.15) is 0 Å². The average molecular weight is 232 g/mol. The Labute approximate surface area is 96.3 Å². The van der Waals surface area contributed by atoms with E-state index in [-0.39, 0.29) is 5.97 Å². The third kappa shape index (κ3) is 9.48. The van der Waals surface area contributed by atoms with Gasteiger partial charge in [-0.1, -0.05) is 13.5 Å². The van der Waals surface area contributed by atoms with Crippen LogP contribution in [0, 0.1) is 0 Å². The second-order valence-corrected chi connectivity index (χ2v) is 2.93. The topological polar surface area (TPSA) is 54.0 Å². The highest BCUT2D eigenvalue weighted by Crippen LogP contribution is 1.96. The Morgan fingerprint density at radius 3 is 2.62 bits per heavy atom. The van der Waals surface area contributed by atoms with Gasteiger partial charge in [-0.15, -0.1) is 0 Å². The van der Waals surface area contributed by atoms with E-state index in [9.17, 15) is 4.79 Å². The van der Waals surface area contributed by atoms with Gasteiger partial charge in [0.15, 0.2) is 6.29 Å². The van der Waals surface area contributed by atoms with E-state index in [4.69, 9.17) is 18.9 Å². The largest absolute Gasteiger partial charge is 0.499 e. The lowest BCUT2D eigenvalue weighted by Crippen LogP contribution is -2.20. The Balaban J connectivity index is 3.24. The number of carbonyl (C=O) groups excluding carboxylic acids is 1. The molecule has 0 saturated heterocycles. The van der Waals surface area contributed by atoms with Gasteiger partial charge in [-0.3, -0.25) is 4.79 Å². The summed E-state index contributed by atoms with van der Waals surface area (Å²) in [5.74, 6) is -0.271.